The normalized spacial score (nSPS) is 12.0. The Balaban J connectivity index is 3.89. The van der Waals surface area contributed by atoms with Gasteiger partial charge in [0.2, 0.25) is 0 Å². The van der Waals surface area contributed by atoms with E-state index in [1.807, 2.05) is 0 Å². The lowest BCUT2D eigenvalue weighted by Crippen LogP contribution is -2.26. The summed E-state index contributed by atoms with van der Waals surface area (Å²) in [6.07, 6.45) is 6.44. The minimum Gasteiger partial charge on any atom is -0.179 e. The van der Waals surface area contributed by atoms with Crippen molar-refractivity contribution >= 4 is 31.1 Å². The third-order valence-corrected chi connectivity index (χ3v) is 8.51. The largest absolute Gasteiger partial charge is 0.179 e. The first kappa shape index (κ1) is 14.9. The number of unbranched alkanes of at least 4 members (excludes halogenated alkanes) is 2. The molecule has 0 saturated carbocycles. The maximum absolute atomic E-state index is 6.78. The average molecular weight is 253 g/mol. The Kier molecular flexibility index (Phi) is 9.67. The highest BCUT2D eigenvalue weighted by molar-refractivity contribution is 7.80. The molecular weight excluding hydrogens is 228 g/mol. The van der Waals surface area contributed by atoms with Gasteiger partial charge >= 0.3 is 0 Å². The molecule has 0 aliphatic carbocycles. The van der Waals surface area contributed by atoms with Gasteiger partial charge in [-0.3, -0.25) is 0 Å². The second kappa shape index (κ2) is 9.11. The van der Waals surface area contributed by atoms with Crippen LogP contribution in [0.3, 0.4) is 0 Å². The van der Waals surface area contributed by atoms with Gasteiger partial charge < -0.3 is 0 Å². The fourth-order valence-corrected chi connectivity index (χ4v) is 6.95. The molecular formula is C11H25ClSSi. The van der Waals surface area contributed by atoms with Crippen LogP contribution in [0, 0.1) is 0 Å². The molecule has 0 amide bonds. The summed E-state index contributed by atoms with van der Waals surface area (Å²) in [6, 6.07) is 3.91. The van der Waals surface area contributed by atoms with Crippen LogP contribution in [0.15, 0.2) is 0 Å². The lowest BCUT2D eigenvalue weighted by atomic mass is 10.4. The van der Waals surface area contributed by atoms with Crippen LogP contribution in [-0.2, 0) is 0 Å². The zero-order chi connectivity index (χ0) is 10.9. The zero-order valence-corrected chi connectivity index (χ0v) is 12.3. The summed E-state index contributed by atoms with van der Waals surface area (Å²) in [4.78, 5) is 0. The SMILES string of the molecule is CCCC[Si](Cl)(CCCC)CCCS. The molecule has 0 spiro atoms. The molecule has 0 rings (SSSR count). The van der Waals surface area contributed by atoms with Gasteiger partial charge in [-0.25, -0.2) is 0 Å². The Bertz CT molecular complexity index is 109. The summed E-state index contributed by atoms with van der Waals surface area (Å²) >= 11 is 11.1. The van der Waals surface area contributed by atoms with E-state index in [0.717, 1.165) is 5.75 Å². The zero-order valence-electron chi connectivity index (χ0n) is 9.69. The molecule has 0 unspecified atom stereocenters. The van der Waals surface area contributed by atoms with Gasteiger partial charge in [0.25, 0.3) is 0 Å². The Morgan fingerprint density at radius 3 is 1.71 bits per heavy atom. The smallest absolute Gasteiger partial charge is 0.156 e. The Hall–Kier alpha value is 0.857. The summed E-state index contributed by atoms with van der Waals surface area (Å²) in [7, 11) is -1.39. The van der Waals surface area contributed by atoms with E-state index in [9.17, 15) is 0 Å². The minimum absolute atomic E-state index is 1.000. The number of rotatable bonds is 9. The van der Waals surface area contributed by atoms with Crippen molar-refractivity contribution in [2.24, 2.45) is 0 Å². The number of hydrogen-bond donors (Lipinski definition) is 1. The molecule has 0 radical (unpaired) electrons. The van der Waals surface area contributed by atoms with Crippen molar-refractivity contribution in [1.29, 1.82) is 0 Å². The van der Waals surface area contributed by atoms with E-state index in [-0.39, 0.29) is 0 Å². The number of halogens is 1. The van der Waals surface area contributed by atoms with E-state index in [0.29, 0.717) is 0 Å². The molecule has 0 aliphatic rings. The van der Waals surface area contributed by atoms with Gasteiger partial charge in [0.15, 0.2) is 7.38 Å². The van der Waals surface area contributed by atoms with E-state index in [4.69, 9.17) is 11.1 Å². The van der Waals surface area contributed by atoms with Gasteiger partial charge in [0, 0.05) is 0 Å². The lowest BCUT2D eigenvalue weighted by Gasteiger charge is -2.24. The Labute approximate surface area is 101 Å². The highest BCUT2D eigenvalue weighted by Crippen LogP contribution is 2.31. The summed E-state index contributed by atoms with van der Waals surface area (Å²) in [6.45, 7) is 4.51. The molecule has 3 heteroatoms. The van der Waals surface area contributed by atoms with Crippen LogP contribution >= 0.6 is 23.7 Å². The second-order valence-corrected chi connectivity index (χ2v) is 10.8. The van der Waals surface area contributed by atoms with Crippen LogP contribution in [0.5, 0.6) is 0 Å². The van der Waals surface area contributed by atoms with E-state index in [2.05, 4.69) is 26.5 Å². The first-order chi connectivity index (χ1) is 6.68. The summed E-state index contributed by atoms with van der Waals surface area (Å²) in [5.74, 6) is 1.000. The molecule has 14 heavy (non-hydrogen) atoms. The molecule has 0 fully saturated rings. The predicted octanol–water partition coefficient (Wildman–Crippen LogP) is 5.09. The quantitative estimate of drug-likeness (QED) is 0.330. The summed E-state index contributed by atoms with van der Waals surface area (Å²) < 4.78 is 0. The monoisotopic (exact) mass is 252 g/mol. The molecule has 0 aromatic carbocycles. The van der Waals surface area contributed by atoms with Gasteiger partial charge in [-0.15, -0.1) is 0 Å². The first-order valence-corrected chi connectivity index (χ1v) is 10.2. The highest BCUT2D eigenvalue weighted by atomic mass is 35.6. The van der Waals surface area contributed by atoms with Crippen LogP contribution < -0.4 is 0 Å². The standard InChI is InChI=1S/C11H25ClSSi/c1-3-5-9-14(12,10-6-4-2)11-7-8-13/h13H,3-11H2,1-2H3. The fraction of sp³-hybridized carbons (Fsp3) is 1.00. The average Bonchev–Trinajstić information content (AvgIpc) is 2.21. The molecule has 0 aliphatic heterocycles. The Morgan fingerprint density at radius 1 is 0.929 bits per heavy atom. The number of thiol groups is 1. The molecule has 86 valence electrons. The molecule has 0 aromatic heterocycles. The van der Waals surface area contributed by atoms with Crippen LogP contribution in [0.1, 0.15) is 46.0 Å². The fourth-order valence-electron chi connectivity index (χ4n) is 1.76. The molecule has 0 N–H and O–H groups in total. The molecule has 0 aromatic rings. The molecule has 0 heterocycles. The van der Waals surface area contributed by atoms with Crippen molar-refractivity contribution in [3.63, 3.8) is 0 Å². The second-order valence-electron chi connectivity index (χ2n) is 4.19. The molecule has 0 saturated heterocycles. The van der Waals surface area contributed by atoms with Crippen molar-refractivity contribution < 1.29 is 0 Å². The van der Waals surface area contributed by atoms with Crippen LogP contribution in [0.25, 0.3) is 0 Å². The van der Waals surface area contributed by atoms with E-state index >= 15 is 0 Å². The molecule has 0 atom stereocenters. The van der Waals surface area contributed by atoms with Gasteiger partial charge in [0.1, 0.15) is 0 Å². The predicted molar refractivity (Wildman–Crippen MR) is 74.3 cm³/mol. The lowest BCUT2D eigenvalue weighted by molar-refractivity contribution is 0.826. The van der Waals surface area contributed by atoms with Crippen molar-refractivity contribution in [1.82, 2.24) is 0 Å². The van der Waals surface area contributed by atoms with Crippen molar-refractivity contribution in [2.45, 2.75) is 64.1 Å². The van der Waals surface area contributed by atoms with Gasteiger partial charge in [-0.2, -0.15) is 23.7 Å². The molecule has 0 nitrogen and oxygen atoms in total. The first-order valence-electron chi connectivity index (χ1n) is 5.98. The topological polar surface area (TPSA) is 0 Å². The van der Waals surface area contributed by atoms with Crippen molar-refractivity contribution in [3.8, 4) is 0 Å². The maximum atomic E-state index is 6.78. The third kappa shape index (κ3) is 7.19. The number of hydrogen-bond acceptors (Lipinski definition) is 1. The van der Waals surface area contributed by atoms with Gasteiger partial charge in [-0.05, 0) is 30.3 Å². The summed E-state index contributed by atoms with van der Waals surface area (Å²) in [5.41, 5.74) is 0. The van der Waals surface area contributed by atoms with Crippen LogP contribution in [-0.4, -0.2) is 13.1 Å². The highest BCUT2D eigenvalue weighted by Gasteiger charge is 2.28. The summed E-state index contributed by atoms with van der Waals surface area (Å²) in [5, 5.41) is 0. The van der Waals surface area contributed by atoms with Crippen LogP contribution in [0.4, 0.5) is 0 Å². The van der Waals surface area contributed by atoms with Crippen LogP contribution in [0.2, 0.25) is 18.1 Å². The van der Waals surface area contributed by atoms with E-state index in [1.165, 1.54) is 50.2 Å². The van der Waals surface area contributed by atoms with Crippen molar-refractivity contribution in [2.75, 3.05) is 5.75 Å². The van der Waals surface area contributed by atoms with Gasteiger partial charge in [0.05, 0.1) is 0 Å². The van der Waals surface area contributed by atoms with E-state index in [1.54, 1.807) is 0 Å². The molecule has 0 bridgehead atoms. The van der Waals surface area contributed by atoms with E-state index < -0.39 is 7.38 Å². The Morgan fingerprint density at radius 2 is 1.36 bits per heavy atom. The van der Waals surface area contributed by atoms with Gasteiger partial charge in [-0.1, -0.05) is 39.5 Å². The minimum atomic E-state index is -1.39. The van der Waals surface area contributed by atoms with Crippen molar-refractivity contribution in [3.05, 3.63) is 0 Å². The maximum Gasteiger partial charge on any atom is 0.156 e. The third-order valence-electron chi connectivity index (χ3n) is 2.74.